The first kappa shape index (κ1) is 18.3. The number of nitrogens with one attached hydrogen (secondary N) is 2. The SMILES string of the molecule is CC(C)COc1c[nH]c(CSc2nc3sc4c(c3c(=O)[nH]2)CCC4)cc1=O. The van der Waals surface area contributed by atoms with E-state index in [9.17, 15) is 9.59 Å². The van der Waals surface area contributed by atoms with Gasteiger partial charge in [-0.05, 0) is 30.7 Å². The maximum absolute atomic E-state index is 12.5. The van der Waals surface area contributed by atoms with Crippen molar-refractivity contribution in [3.63, 3.8) is 0 Å². The molecular weight excluding hydrogens is 382 g/mol. The molecule has 1 aliphatic rings. The number of pyridine rings is 1. The van der Waals surface area contributed by atoms with E-state index in [1.165, 1.54) is 22.2 Å². The Labute approximate surface area is 164 Å². The van der Waals surface area contributed by atoms with E-state index in [0.717, 1.165) is 35.2 Å². The summed E-state index contributed by atoms with van der Waals surface area (Å²) in [5, 5.41) is 1.34. The fraction of sp³-hybridized carbons (Fsp3) is 0.421. The number of aromatic amines is 2. The van der Waals surface area contributed by atoms with Gasteiger partial charge in [0, 0.05) is 28.6 Å². The highest BCUT2D eigenvalue weighted by molar-refractivity contribution is 7.98. The molecule has 3 heterocycles. The van der Waals surface area contributed by atoms with Crippen LogP contribution in [0.15, 0.2) is 27.0 Å². The lowest BCUT2D eigenvalue weighted by Crippen LogP contribution is -2.13. The molecule has 0 saturated carbocycles. The maximum atomic E-state index is 12.5. The summed E-state index contributed by atoms with van der Waals surface area (Å²) in [6, 6.07) is 1.54. The minimum atomic E-state index is -0.142. The molecule has 27 heavy (non-hydrogen) atoms. The molecular formula is C19H21N3O3S2. The second-order valence-corrected chi connectivity index (χ2v) is 9.14. The zero-order valence-electron chi connectivity index (χ0n) is 15.3. The van der Waals surface area contributed by atoms with Gasteiger partial charge in [-0.3, -0.25) is 9.59 Å². The van der Waals surface area contributed by atoms with Gasteiger partial charge in [-0.1, -0.05) is 25.6 Å². The lowest BCUT2D eigenvalue weighted by atomic mass is 10.2. The van der Waals surface area contributed by atoms with Gasteiger partial charge in [0.15, 0.2) is 10.9 Å². The lowest BCUT2D eigenvalue weighted by Gasteiger charge is -2.08. The van der Waals surface area contributed by atoms with Crippen molar-refractivity contribution < 1.29 is 4.74 Å². The van der Waals surface area contributed by atoms with Crippen LogP contribution in [0.2, 0.25) is 0 Å². The van der Waals surface area contributed by atoms with Gasteiger partial charge in [-0.2, -0.15) is 0 Å². The second-order valence-electron chi connectivity index (χ2n) is 7.09. The standard InChI is InChI=1S/C19H21N3O3S2/c1-10(2)8-25-14-7-20-11(6-13(14)23)9-26-19-21-17(24)16-12-4-3-5-15(12)27-18(16)22-19/h6-7,10H,3-5,8-9H2,1-2H3,(H,20,23)(H,21,22,24). The van der Waals surface area contributed by atoms with Crippen molar-refractivity contribution in [1.29, 1.82) is 0 Å². The van der Waals surface area contributed by atoms with Gasteiger partial charge in [-0.25, -0.2) is 4.98 Å². The Kier molecular flexibility index (Phi) is 5.10. The number of nitrogens with zero attached hydrogens (tertiary/aromatic N) is 1. The summed E-state index contributed by atoms with van der Waals surface area (Å²) in [6.07, 6.45) is 4.74. The van der Waals surface area contributed by atoms with Crippen LogP contribution in [0.3, 0.4) is 0 Å². The Morgan fingerprint density at radius 3 is 2.96 bits per heavy atom. The van der Waals surface area contributed by atoms with Crippen LogP contribution in [0.1, 0.15) is 36.4 Å². The average molecular weight is 404 g/mol. The molecule has 0 saturated heterocycles. The van der Waals surface area contributed by atoms with Crippen molar-refractivity contribution in [2.45, 2.75) is 44.0 Å². The van der Waals surface area contributed by atoms with Gasteiger partial charge in [0.1, 0.15) is 4.83 Å². The van der Waals surface area contributed by atoms with Crippen LogP contribution < -0.4 is 15.7 Å². The number of fused-ring (bicyclic) bond motifs is 3. The highest BCUT2D eigenvalue weighted by Gasteiger charge is 2.21. The molecule has 1 aliphatic carbocycles. The van der Waals surface area contributed by atoms with Crippen LogP contribution in [0, 0.1) is 5.92 Å². The zero-order chi connectivity index (χ0) is 19.0. The molecule has 2 N–H and O–H groups in total. The van der Waals surface area contributed by atoms with Crippen LogP contribution in [0.5, 0.6) is 5.75 Å². The van der Waals surface area contributed by atoms with Crippen LogP contribution in [0.4, 0.5) is 0 Å². The summed E-state index contributed by atoms with van der Waals surface area (Å²) >= 11 is 3.03. The summed E-state index contributed by atoms with van der Waals surface area (Å²) < 4.78 is 5.50. The molecule has 0 amide bonds. The van der Waals surface area contributed by atoms with Crippen molar-refractivity contribution in [2.75, 3.05) is 6.61 Å². The first-order valence-corrected chi connectivity index (χ1v) is 10.8. The summed E-state index contributed by atoms with van der Waals surface area (Å²) in [5.74, 6) is 1.20. The molecule has 0 radical (unpaired) electrons. The smallest absolute Gasteiger partial charge is 0.260 e. The van der Waals surface area contributed by atoms with E-state index >= 15 is 0 Å². The van der Waals surface area contributed by atoms with Gasteiger partial charge in [0.05, 0.1) is 12.0 Å². The molecule has 0 fully saturated rings. The van der Waals surface area contributed by atoms with Gasteiger partial charge >= 0.3 is 0 Å². The summed E-state index contributed by atoms with van der Waals surface area (Å²) in [6.45, 7) is 4.57. The number of thiophene rings is 1. The fourth-order valence-corrected chi connectivity index (χ4v) is 5.25. The van der Waals surface area contributed by atoms with E-state index in [1.54, 1.807) is 23.6 Å². The van der Waals surface area contributed by atoms with E-state index < -0.39 is 0 Å². The lowest BCUT2D eigenvalue weighted by molar-refractivity contribution is 0.268. The number of rotatable bonds is 6. The van der Waals surface area contributed by atoms with Crippen molar-refractivity contribution in [1.82, 2.24) is 15.0 Å². The van der Waals surface area contributed by atoms with Crippen LogP contribution in [-0.2, 0) is 18.6 Å². The molecule has 3 aromatic heterocycles. The molecule has 0 aromatic carbocycles. The third kappa shape index (κ3) is 3.82. The monoisotopic (exact) mass is 403 g/mol. The molecule has 142 valence electrons. The predicted octanol–water partition coefficient (Wildman–Crippen LogP) is 3.49. The number of hydrogen-bond acceptors (Lipinski definition) is 6. The van der Waals surface area contributed by atoms with Crippen molar-refractivity contribution in [3.05, 3.63) is 49.0 Å². The summed E-state index contributed by atoms with van der Waals surface area (Å²) in [7, 11) is 0. The Bertz CT molecular complexity index is 1100. The Morgan fingerprint density at radius 2 is 2.19 bits per heavy atom. The first-order chi connectivity index (χ1) is 13.0. The number of H-pyrrole nitrogens is 2. The van der Waals surface area contributed by atoms with Gasteiger partial charge < -0.3 is 14.7 Å². The maximum Gasteiger partial charge on any atom is 0.260 e. The van der Waals surface area contributed by atoms with Crippen molar-refractivity contribution in [2.24, 2.45) is 5.92 Å². The van der Waals surface area contributed by atoms with E-state index in [1.807, 2.05) is 13.8 Å². The zero-order valence-corrected chi connectivity index (χ0v) is 16.9. The average Bonchev–Trinajstić information content (AvgIpc) is 3.19. The Morgan fingerprint density at radius 1 is 1.33 bits per heavy atom. The molecule has 8 heteroatoms. The van der Waals surface area contributed by atoms with E-state index in [0.29, 0.717) is 29.2 Å². The summed E-state index contributed by atoms with van der Waals surface area (Å²) in [4.78, 5) is 37.3. The number of ether oxygens (including phenoxy) is 1. The normalized spacial score (nSPS) is 13.4. The Hall–Kier alpha value is -2.06. The van der Waals surface area contributed by atoms with Crippen LogP contribution in [-0.4, -0.2) is 21.6 Å². The molecule has 0 spiro atoms. The highest BCUT2D eigenvalue weighted by Crippen LogP contribution is 2.35. The highest BCUT2D eigenvalue weighted by atomic mass is 32.2. The molecule has 0 atom stereocenters. The van der Waals surface area contributed by atoms with Crippen molar-refractivity contribution in [3.8, 4) is 5.75 Å². The van der Waals surface area contributed by atoms with Crippen molar-refractivity contribution >= 4 is 33.3 Å². The number of aryl methyl sites for hydroxylation is 2. The van der Waals surface area contributed by atoms with Gasteiger partial charge in [-0.15, -0.1) is 11.3 Å². The number of hydrogen-bond donors (Lipinski definition) is 2. The topological polar surface area (TPSA) is 87.8 Å². The number of thioether (sulfide) groups is 1. The third-order valence-corrected chi connectivity index (χ3v) is 6.53. The van der Waals surface area contributed by atoms with E-state index in [-0.39, 0.29) is 11.0 Å². The van der Waals surface area contributed by atoms with Crippen LogP contribution >= 0.6 is 23.1 Å². The largest absolute Gasteiger partial charge is 0.488 e. The first-order valence-electron chi connectivity index (χ1n) is 9.03. The molecule has 3 aromatic rings. The molecule has 4 rings (SSSR count). The fourth-order valence-electron chi connectivity index (χ4n) is 3.15. The predicted molar refractivity (Wildman–Crippen MR) is 109 cm³/mol. The van der Waals surface area contributed by atoms with Crippen LogP contribution in [0.25, 0.3) is 10.2 Å². The van der Waals surface area contributed by atoms with E-state index in [4.69, 9.17) is 4.74 Å². The Balaban J connectivity index is 1.49. The molecule has 0 unspecified atom stereocenters. The second kappa shape index (κ2) is 7.52. The number of aromatic nitrogens is 3. The minimum absolute atomic E-state index is 0.0622. The van der Waals surface area contributed by atoms with Gasteiger partial charge in [0.2, 0.25) is 5.43 Å². The molecule has 0 aliphatic heterocycles. The third-order valence-electron chi connectivity index (χ3n) is 4.43. The quantitative estimate of drug-likeness (QED) is 0.486. The minimum Gasteiger partial charge on any atom is -0.488 e. The van der Waals surface area contributed by atoms with Gasteiger partial charge in [0.25, 0.3) is 5.56 Å². The molecule has 6 nitrogen and oxygen atoms in total. The summed E-state index contributed by atoms with van der Waals surface area (Å²) in [5.41, 5.74) is 1.74. The van der Waals surface area contributed by atoms with E-state index in [2.05, 4.69) is 15.0 Å². The molecule has 0 bridgehead atoms.